The van der Waals surface area contributed by atoms with Crippen LogP contribution in [0.15, 0.2) is 48.5 Å². The number of amides is 1. The molecule has 3 rings (SSSR count). The third-order valence-corrected chi connectivity index (χ3v) is 4.64. The highest BCUT2D eigenvalue weighted by molar-refractivity contribution is 5.94. The van der Waals surface area contributed by atoms with E-state index in [2.05, 4.69) is 10.4 Å². The highest BCUT2D eigenvalue weighted by Crippen LogP contribution is 2.18. The smallest absolute Gasteiger partial charge is 0.251 e. The van der Waals surface area contributed by atoms with Gasteiger partial charge in [-0.1, -0.05) is 24.3 Å². The average molecular weight is 333 g/mol. The fraction of sp³-hybridized carbons (Fsp3) is 0.238. The maximum atomic E-state index is 12.4. The van der Waals surface area contributed by atoms with Gasteiger partial charge in [0.15, 0.2) is 0 Å². The van der Waals surface area contributed by atoms with Gasteiger partial charge in [-0.05, 0) is 63.1 Å². The van der Waals surface area contributed by atoms with Crippen molar-refractivity contribution < 1.29 is 4.79 Å². The van der Waals surface area contributed by atoms with Crippen LogP contribution in [0.2, 0.25) is 0 Å². The molecule has 1 N–H and O–H groups in total. The van der Waals surface area contributed by atoms with Crippen LogP contribution in [0.1, 0.15) is 38.4 Å². The number of hydrogen-bond donors (Lipinski definition) is 1. The Hall–Kier alpha value is -2.88. The number of aromatic nitrogens is 2. The lowest BCUT2D eigenvalue weighted by Crippen LogP contribution is -2.23. The Bertz CT molecular complexity index is 910. The molecule has 3 aromatic rings. The highest BCUT2D eigenvalue weighted by Gasteiger charge is 2.14. The van der Waals surface area contributed by atoms with Crippen LogP contribution < -0.4 is 5.32 Å². The van der Waals surface area contributed by atoms with Crippen molar-refractivity contribution in [3.8, 4) is 5.69 Å². The van der Waals surface area contributed by atoms with Crippen LogP contribution in [0.4, 0.5) is 0 Å². The van der Waals surface area contributed by atoms with Gasteiger partial charge in [-0.3, -0.25) is 4.79 Å². The molecule has 25 heavy (non-hydrogen) atoms. The molecule has 1 aromatic heterocycles. The van der Waals surface area contributed by atoms with Gasteiger partial charge in [0.2, 0.25) is 0 Å². The standard InChI is InChI=1S/C21H23N3O/c1-14-10-11-18(12-15(14)2)21(25)22-13-20-16(3)23-24(17(20)4)19-8-6-5-7-9-19/h5-12H,13H2,1-4H3,(H,22,25). The number of aryl methyl sites for hydroxylation is 3. The maximum absolute atomic E-state index is 12.4. The normalized spacial score (nSPS) is 10.7. The van der Waals surface area contributed by atoms with Gasteiger partial charge in [0.05, 0.1) is 11.4 Å². The molecule has 0 unspecified atom stereocenters. The van der Waals surface area contributed by atoms with Crippen molar-refractivity contribution in [3.63, 3.8) is 0 Å². The number of rotatable bonds is 4. The number of nitrogens with zero attached hydrogens (tertiary/aromatic N) is 2. The first-order valence-corrected chi connectivity index (χ1v) is 8.43. The molecule has 0 atom stereocenters. The molecule has 0 saturated heterocycles. The van der Waals surface area contributed by atoms with Crippen LogP contribution in [0, 0.1) is 27.7 Å². The van der Waals surface area contributed by atoms with E-state index in [-0.39, 0.29) is 5.91 Å². The SMILES string of the molecule is Cc1ccc(C(=O)NCc2c(C)nn(-c3ccccc3)c2C)cc1C. The average Bonchev–Trinajstić information content (AvgIpc) is 2.90. The van der Waals surface area contributed by atoms with Crippen LogP contribution in [0.5, 0.6) is 0 Å². The Balaban J connectivity index is 1.78. The van der Waals surface area contributed by atoms with Crippen molar-refractivity contribution in [3.05, 3.63) is 82.2 Å². The molecule has 4 heteroatoms. The minimum atomic E-state index is -0.0608. The van der Waals surface area contributed by atoms with Gasteiger partial charge in [-0.25, -0.2) is 4.68 Å². The van der Waals surface area contributed by atoms with E-state index in [4.69, 9.17) is 0 Å². The summed E-state index contributed by atoms with van der Waals surface area (Å²) in [5.41, 5.74) is 7.06. The van der Waals surface area contributed by atoms with Gasteiger partial charge in [0.1, 0.15) is 0 Å². The number of para-hydroxylation sites is 1. The third-order valence-electron chi connectivity index (χ3n) is 4.64. The lowest BCUT2D eigenvalue weighted by Gasteiger charge is -2.08. The van der Waals surface area contributed by atoms with Gasteiger partial charge in [-0.15, -0.1) is 0 Å². The molecular formula is C21H23N3O. The first kappa shape index (κ1) is 17.0. The first-order valence-electron chi connectivity index (χ1n) is 8.43. The summed E-state index contributed by atoms with van der Waals surface area (Å²) < 4.78 is 1.92. The fourth-order valence-corrected chi connectivity index (χ4v) is 2.90. The molecule has 0 spiro atoms. The topological polar surface area (TPSA) is 46.9 Å². The predicted molar refractivity (Wildman–Crippen MR) is 100 cm³/mol. The molecule has 1 heterocycles. The van der Waals surface area contributed by atoms with Crippen molar-refractivity contribution in [1.82, 2.24) is 15.1 Å². The summed E-state index contributed by atoms with van der Waals surface area (Å²) in [5.74, 6) is -0.0608. The molecule has 1 amide bonds. The minimum absolute atomic E-state index is 0.0608. The van der Waals surface area contributed by atoms with E-state index in [9.17, 15) is 4.79 Å². The van der Waals surface area contributed by atoms with E-state index >= 15 is 0 Å². The Morgan fingerprint density at radius 1 is 1.00 bits per heavy atom. The summed E-state index contributed by atoms with van der Waals surface area (Å²) in [5, 5.41) is 7.64. The predicted octanol–water partition coefficient (Wildman–Crippen LogP) is 4.04. The molecular weight excluding hydrogens is 310 g/mol. The minimum Gasteiger partial charge on any atom is -0.348 e. The maximum Gasteiger partial charge on any atom is 0.251 e. The summed E-state index contributed by atoms with van der Waals surface area (Å²) in [7, 11) is 0. The zero-order chi connectivity index (χ0) is 18.0. The van der Waals surface area contributed by atoms with Crippen molar-refractivity contribution >= 4 is 5.91 Å². The number of nitrogens with one attached hydrogen (secondary N) is 1. The summed E-state index contributed by atoms with van der Waals surface area (Å²) in [6.45, 7) is 8.54. The number of carbonyl (C=O) groups is 1. The number of benzene rings is 2. The Labute approximate surface area is 148 Å². The molecule has 0 bridgehead atoms. The summed E-state index contributed by atoms with van der Waals surface area (Å²) in [6, 6.07) is 15.8. The van der Waals surface area contributed by atoms with E-state index in [1.165, 1.54) is 5.56 Å². The van der Waals surface area contributed by atoms with Crippen LogP contribution >= 0.6 is 0 Å². The fourth-order valence-electron chi connectivity index (χ4n) is 2.90. The van der Waals surface area contributed by atoms with Gasteiger partial charge in [-0.2, -0.15) is 5.10 Å². The highest BCUT2D eigenvalue weighted by atomic mass is 16.1. The molecule has 4 nitrogen and oxygen atoms in total. The van der Waals surface area contributed by atoms with Gasteiger partial charge >= 0.3 is 0 Å². The zero-order valence-electron chi connectivity index (χ0n) is 15.1. The van der Waals surface area contributed by atoms with Gasteiger partial charge in [0, 0.05) is 23.4 Å². The Kier molecular flexibility index (Phi) is 4.70. The monoisotopic (exact) mass is 333 g/mol. The van der Waals surface area contributed by atoms with Crippen LogP contribution in [-0.4, -0.2) is 15.7 Å². The van der Waals surface area contributed by atoms with Crippen LogP contribution in [0.25, 0.3) is 5.69 Å². The second kappa shape index (κ2) is 6.93. The quantitative estimate of drug-likeness (QED) is 0.783. The van der Waals surface area contributed by atoms with E-state index in [0.29, 0.717) is 12.1 Å². The summed E-state index contributed by atoms with van der Waals surface area (Å²) in [4.78, 5) is 12.4. The molecule has 0 aliphatic rings. The largest absolute Gasteiger partial charge is 0.348 e. The lowest BCUT2D eigenvalue weighted by molar-refractivity contribution is 0.0951. The lowest BCUT2D eigenvalue weighted by atomic mass is 10.1. The van der Waals surface area contributed by atoms with Gasteiger partial charge < -0.3 is 5.32 Å². The molecule has 2 aromatic carbocycles. The first-order chi connectivity index (χ1) is 12.0. The third kappa shape index (κ3) is 3.48. The molecule has 0 saturated carbocycles. The second-order valence-electron chi connectivity index (χ2n) is 6.38. The van der Waals surface area contributed by atoms with Crippen molar-refractivity contribution in [2.45, 2.75) is 34.2 Å². The Morgan fingerprint density at radius 2 is 1.72 bits per heavy atom. The molecule has 0 aliphatic carbocycles. The van der Waals surface area contributed by atoms with Crippen LogP contribution in [0.3, 0.4) is 0 Å². The van der Waals surface area contributed by atoms with E-state index in [1.807, 2.05) is 80.9 Å². The van der Waals surface area contributed by atoms with E-state index in [1.54, 1.807) is 0 Å². The Morgan fingerprint density at radius 3 is 2.40 bits per heavy atom. The van der Waals surface area contributed by atoms with Gasteiger partial charge in [0.25, 0.3) is 5.91 Å². The summed E-state index contributed by atoms with van der Waals surface area (Å²) >= 11 is 0. The van der Waals surface area contributed by atoms with Crippen molar-refractivity contribution in [2.75, 3.05) is 0 Å². The van der Waals surface area contributed by atoms with Crippen molar-refractivity contribution in [1.29, 1.82) is 0 Å². The van der Waals surface area contributed by atoms with E-state index < -0.39 is 0 Å². The van der Waals surface area contributed by atoms with Crippen molar-refractivity contribution in [2.24, 2.45) is 0 Å². The molecule has 0 fully saturated rings. The van der Waals surface area contributed by atoms with E-state index in [0.717, 1.165) is 28.2 Å². The zero-order valence-corrected chi connectivity index (χ0v) is 15.1. The molecule has 0 radical (unpaired) electrons. The summed E-state index contributed by atoms with van der Waals surface area (Å²) in [6.07, 6.45) is 0. The molecule has 0 aliphatic heterocycles. The number of hydrogen-bond acceptors (Lipinski definition) is 2. The molecule has 128 valence electrons. The second-order valence-corrected chi connectivity index (χ2v) is 6.38. The van der Waals surface area contributed by atoms with Crippen LogP contribution in [-0.2, 0) is 6.54 Å². The number of carbonyl (C=O) groups excluding carboxylic acids is 1.